The smallest absolute Gasteiger partial charge is 0.249 e. The zero-order valence-electron chi connectivity index (χ0n) is 14.5. The van der Waals surface area contributed by atoms with Crippen LogP contribution in [0.3, 0.4) is 0 Å². The number of imide groups is 1. The highest BCUT2D eigenvalue weighted by Crippen LogP contribution is 2.22. The van der Waals surface area contributed by atoms with Gasteiger partial charge in [-0.05, 0) is 36.6 Å². The molecule has 7 heteroatoms. The molecule has 1 aromatic rings. The summed E-state index contributed by atoms with van der Waals surface area (Å²) in [6.45, 7) is 6.19. The van der Waals surface area contributed by atoms with Crippen LogP contribution in [0.5, 0.6) is 0 Å². The lowest BCUT2D eigenvalue weighted by molar-refractivity contribution is -0.141. The molecule has 2 heterocycles. The van der Waals surface area contributed by atoms with Crippen molar-refractivity contribution in [2.24, 2.45) is 0 Å². The van der Waals surface area contributed by atoms with Gasteiger partial charge in [0.15, 0.2) is 0 Å². The molecule has 1 aromatic carbocycles. The van der Waals surface area contributed by atoms with Crippen LogP contribution >= 0.6 is 0 Å². The van der Waals surface area contributed by atoms with Crippen LogP contribution in [0.2, 0.25) is 0 Å². The number of benzene rings is 1. The van der Waals surface area contributed by atoms with Crippen molar-refractivity contribution in [1.82, 2.24) is 15.5 Å². The number of nitrogens with one attached hydrogen (secondary N) is 2. The van der Waals surface area contributed by atoms with E-state index >= 15 is 0 Å². The van der Waals surface area contributed by atoms with E-state index in [1.54, 1.807) is 0 Å². The highest BCUT2D eigenvalue weighted by atomic mass is 16.2. The highest BCUT2D eigenvalue weighted by molar-refractivity contribution is 6.00. The number of piperazine rings is 1. The Labute approximate surface area is 147 Å². The van der Waals surface area contributed by atoms with Gasteiger partial charge in [0.2, 0.25) is 18.2 Å². The second-order valence-corrected chi connectivity index (χ2v) is 6.59. The molecule has 2 aliphatic rings. The SMILES string of the molecule is Cc1ccc(N2CCNCC2)cc1CN(C=O)C1CCC(=O)NC1=O. The fraction of sp³-hybridized carbons (Fsp3) is 0.500. The fourth-order valence-corrected chi connectivity index (χ4v) is 3.36. The van der Waals surface area contributed by atoms with E-state index in [0.717, 1.165) is 43.0 Å². The normalized spacial score (nSPS) is 21.0. The number of hydrogen-bond acceptors (Lipinski definition) is 5. The van der Waals surface area contributed by atoms with E-state index in [2.05, 4.69) is 33.7 Å². The lowest BCUT2D eigenvalue weighted by Crippen LogP contribution is -2.51. The largest absolute Gasteiger partial charge is 0.369 e. The van der Waals surface area contributed by atoms with Crippen molar-refractivity contribution >= 4 is 23.9 Å². The maximum absolute atomic E-state index is 12.0. The minimum Gasteiger partial charge on any atom is -0.369 e. The van der Waals surface area contributed by atoms with Gasteiger partial charge >= 0.3 is 0 Å². The van der Waals surface area contributed by atoms with E-state index in [9.17, 15) is 14.4 Å². The summed E-state index contributed by atoms with van der Waals surface area (Å²) < 4.78 is 0. The van der Waals surface area contributed by atoms with Gasteiger partial charge in [0.25, 0.3) is 0 Å². The van der Waals surface area contributed by atoms with Gasteiger partial charge in [0.1, 0.15) is 6.04 Å². The Morgan fingerprint density at radius 1 is 1.28 bits per heavy atom. The molecule has 2 N–H and O–H groups in total. The first-order chi connectivity index (χ1) is 12.1. The number of carbonyl (C=O) groups is 3. The summed E-state index contributed by atoms with van der Waals surface area (Å²) in [4.78, 5) is 38.7. The Bertz CT molecular complexity index is 670. The lowest BCUT2D eigenvalue weighted by Gasteiger charge is -2.32. The van der Waals surface area contributed by atoms with Gasteiger partial charge in [-0.15, -0.1) is 0 Å². The monoisotopic (exact) mass is 344 g/mol. The van der Waals surface area contributed by atoms with Gasteiger partial charge in [0.05, 0.1) is 0 Å². The van der Waals surface area contributed by atoms with Crippen LogP contribution in [0.1, 0.15) is 24.0 Å². The number of amides is 3. The van der Waals surface area contributed by atoms with Gasteiger partial charge < -0.3 is 15.1 Å². The Morgan fingerprint density at radius 2 is 2.04 bits per heavy atom. The summed E-state index contributed by atoms with van der Waals surface area (Å²) in [5.74, 6) is -0.664. The number of carbonyl (C=O) groups excluding carboxylic acids is 3. The number of aryl methyl sites for hydroxylation is 1. The molecule has 3 rings (SSSR count). The third-order valence-corrected chi connectivity index (χ3v) is 4.91. The molecule has 0 bridgehead atoms. The first kappa shape index (κ1) is 17.4. The van der Waals surface area contributed by atoms with Crippen LogP contribution < -0.4 is 15.5 Å². The summed E-state index contributed by atoms with van der Waals surface area (Å²) in [6.07, 6.45) is 1.34. The first-order valence-corrected chi connectivity index (χ1v) is 8.68. The fourth-order valence-electron chi connectivity index (χ4n) is 3.36. The maximum atomic E-state index is 12.0. The summed E-state index contributed by atoms with van der Waals surface area (Å²) >= 11 is 0. The van der Waals surface area contributed by atoms with Crippen molar-refractivity contribution in [2.45, 2.75) is 32.4 Å². The molecule has 0 spiro atoms. The molecule has 0 radical (unpaired) electrons. The van der Waals surface area contributed by atoms with E-state index < -0.39 is 6.04 Å². The number of hydrogen-bond donors (Lipinski definition) is 2. The number of anilines is 1. The Morgan fingerprint density at radius 3 is 2.72 bits per heavy atom. The van der Waals surface area contributed by atoms with Crippen molar-refractivity contribution < 1.29 is 14.4 Å². The molecule has 134 valence electrons. The zero-order chi connectivity index (χ0) is 17.8. The molecular weight excluding hydrogens is 320 g/mol. The lowest BCUT2D eigenvalue weighted by atomic mass is 10.0. The molecule has 1 unspecified atom stereocenters. The number of nitrogens with zero attached hydrogens (tertiary/aromatic N) is 2. The van der Waals surface area contributed by atoms with Crippen LogP contribution in [-0.4, -0.2) is 55.3 Å². The molecule has 7 nitrogen and oxygen atoms in total. The molecule has 25 heavy (non-hydrogen) atoms. The zero-order valence-corrected chi connectivity index (χ0v) is 14.5. The molecule has 2 aliphatic heterocycles. The Kier molecular flexibility index (Phi) is 5.33. The summed E-state index contributed by atoms with van der Waals surface area (Å²) in [5.41, 5.74) is 3.24. The Hall–Kier alpha value is -2.41. The Balaban J connectivity index is 1.76. The molecule has 0 saturated carbocycles. The van der Waals surface area contributed by atoms with Crippen molar-refractivity contribution in [3.05, 3.63) is 29.3 Å². The van der Waals surface area contributed by atoms with Crippen molar-refractivity contribution in [2.75, 3.05) is 31.1 Å². The summed E-state index contributed by atoms with van der Waals surface area (Å²) in [7, 11) is 0. The number of rotatable bonds is 5. The molecule has 0 aromatic heterocycles. The minimum atomic E-state index is -0.586. The second kappa shape index (κ2) is 7.65. The molecule has 1 atom stereocenters. The van der Waals surface area contributed by atoms with Crippen LogP contribution in [0.4, 0.5) is 5.69 Å². The van der Waals surface area contributed by atoms with Crippen LogP contribution in [0.25, 0.3) is 0 Å². The highest BCUT2D eigenvalue weighted by Gasteiger charge is 2.31. The van der Waals surface area contributed by atoms with Crippen LogP contribution in [-0.2, 0) is 20.9 Å². The molecule has 3 amide bonds. The van der Waals surface area contributed by atoms with Gasteiger partial charge in [-0.25, -0.2) is 0 Å². The standard InChI is InChI=1S/C18H24N4O3/c1-13-2-3-15(21-8-6-19-7-9-21)10-14(13)11-22(12-23)16-4-5-17(24)20-18(16)25/h2-3,10,12,16,19H,4-9,11H2,1H3,(H,20,24,25). The van der Waals surface area contributed by atoms with Crippen molar-refractivity contribution in [1.29, 1.82) is 0 Å². The van der Waals surface area contributed by atoms with Gasteiger partial charge in [-0.3, -0.25) is 19.7 Å². The quantitative estimate of drug-likeness (QED) is 0.588. The molecule has 0 aliphatic carbocycles. The molecular formula is C18H24N4O3. The predicted octanol–water partition coefficient (Wildman–Crippen LogP) is 0.168. The number of piperidine rings is 1. The third-order valence-electron chi connectivity index (χ3n) is 4.91. The average Bonchev–Trinajstić information content (AvgIpc) is 2.62. The summed E-state index contributed by atoms with van der Waals surface area (Å²) in [6, 6.07) is 5.67. The van der Waals surface area contributed by atoms with Crippen LogP contribution in [0.15, 0.2) is 18.2 Å². The van der Waals surface area contributed by atoms with Gasteiger partial charge in [-0.1, -0.05) is 6.07 Å². The van der Waals surface area contributed by atoms with Gasteiger partial charge in [0, 0.05) is 44.8 Å². The van der Waals surface area contributed by atoms with E-state index in [4.69, 9.17) is 0 Å². The first-order valence-electron chi connectivity index (χ1n) is 8.68. The van der Waals surface area contributed by atoms with E-state index in [1.165, 1.54) is 4.90 Å². The van der Waals surface area contributed by atoms with E-state index in [0.29, 0.717) is 19.4 Å². The molecule has 2 fully saturated rings. The van der Waals surface area contributed by atoms with Crippen molar-refractivity contribution in [3.8, 4) is 0 Å². The van der Waals surface area contributed by atoms with Crippen LogP contribution in [0, 0.1) is 6.92 Å². The predicted molar refractivity (Wildman–Crippen MR) is 94.0 cm³/mol. The van der Waals surface area contributed by atoms with Crippen molar-refractivity contribution in [3.63, 3.8) is 0 Å². The second-order valence-electron chi connectivity index (χ2n) is 6.59. The topological polar surface area (TPSA) is 81.8 Å². The average molecular weight is 344 g/mol. The van der Waals surface area contributed by atoms with Gasteiger partial charge in [-0.2, -0.15) is 0 Å². The minimum absolute atomic E-state index is 0.264. The summed E-state index contributed by atoms with van der Waals surface area (Å²) in [5, 5.41) is 5.65. The molecule has 2 saturated heterocycles. The van der Waals surface area contributed by atoms with E-state index in [1.807, 2.05) is 6.92 Å². The van der Waals surface area contributed by atoms with E-state index in [-0.39, 0.29) is 18.2 Å². The third kappa shape index (κ3) is 3.99. The maximum Gasteiger partial charge on any atom is 0.249 e.